The van der Waals surface area contributed by atoms with Crippen LogP contribution in [0.25, 0.3) is 0 Å². The lowest BCUT2D eigenvalue weighted by Crippen LogP contribution is -2.45. The topological polar surface area (TPSA) is 54.5 Å². The zero-order chi connectivity index (χ0) is 14.9. The van der Waals surface area contributed by atoms with Gasteiger partial charge in [-0.15, -0.1) is 0 Å². The van der Waals surface area contributed by atoms with Gasteiger partial charge in [0.25, 0.3) is 0 Å². The van der Waals surface area contributed by atoms with E-state index in [0.717, 1.165) is 6.42 Å². The van der Waals surface area contributed by atoms with Gasteiger partial charge in [0.15, 0.2) is 5.78 Å². The summed E-state index contributed by atoms with van der Waals surface area (Å²) in [6, 6.07) is 5.10. The van der Waals surface area contributed by atoms with Gasteiger partial charge in [0.1, 0.15) is 5.25 Å². The number of benzene rings is 1. The van der Waals surface area contributed by atoms with Gasteiger partial charge < -0.3 is 4.90 Å². The number of rotatable bonds is 4. The number of anilines is 1. The maximum absolute atomic E-state index is 12.5. The molecule has 1 aromatic carbocycles. The number of ketones is 1. The van der Waals surface area contributed by atoms with Gasteiger partial charge in [0, 0.05) is 12.1 Å². The molecule has 0 bridgehead atoms. The maximum Gasteiger partial charge on any atom is 0.243 e. The first-order valence-corrected chi connectivity index (χ1v) is 8.09. The number of carbonyl (C=O) groups excluding carboxylic acids is 2. The van der Waals surface area contributed by atoms with E-state index in [1.807, 2.05) is 13.8 Å². The Kier molecular flexibility index (Phi) is 4.38. The number of fused-ring (bicyclic) bond motifs is 1. The van der Waals surface area contributed by atoms with E-state index in [2.05, 4.69) is 0 Å². The number of amides is 1. The van der Waals surface area contributed by atoms with Crippen molar-refractivity contribution in [2.45, 2.75) is 43.8 Å². The SMILES string of the molecule is CCCN1C(=O)C(CC)S(=O)c2ccc(C(C)=O)cc21. The molecule has 2 atom stereocenters. The lowest BCUT2D eigenvalue weighted by molar-refractivity contribution is -0.118. The predicted octanol–water partition coefficient (Wildman–Crippen LogP) is 2.53. The molecule has 1 aromatic rings. The zero-order valence-corrected chi connectivity index (χ0v) is 12.8. The second kappa shape index (κ2) is 5.87. The summed E-state index contributed by atoms with van der Waals surface area (Å²) in [5, 5.41) is -0.475. The fourth-order valence-electron chi connectivity index (χ4n) is 2.44. The van der Waals surface area contributed by atoms with Gasteiger partial charge >= 0.3 is 0 Å². The monoisotopic (exact) mass is 293 g/mol. The molecule has 108 valence electrons. The summed E-state index contributed by atoms with van der Waals surface area (Å²) in [6.45, 7) is 5.94. The predicted molar refractivity (Wildman–Crippen MR) is 79.6 cm³/mol. The molecule has 0 aliphatic carbocycles. The van der Waals surface area contributed by atoms with Crippen molar-refractivity contribution in [1.29, 1.82) is 0 Å². The van der Waals surface area contributed by atoms with E-state index >= 15 is 0 Å². The standard InChI is InChI=1S/C15H19NO3S/c1-4-8-16-12-9-11(10(3)17)6-7-14(12)20(19)13(5-2)15(16)18/h6-7,9,13H,4-5,8H2,1-3H3. The fourth-order valence-corrected chi connectivity index (χ4v) is 3.93. The largest absolute Gasteiger partial charge is 0.310 e. The van der Waals surface area contributed by atoms with E-state index in [9.17, 15) is 13.8 Å². The molecule has 1 amide bonds. The number of hydrogen-bond donors (Lipinski definition) is 0. The van der Waals surface area contributed by atoms with Gasteiger partial charge in [-0.05, 0) is 31.9 Å². The van der Waals surface area contributed by atoms with Crippen LogP contribution < -0.4 is 4.90 Å². The van der Waals surface area contributed by atoms with Crippen LogP contribution in [0.1, 0.15) is 44.0 Å². The highest BCUT2D eigenvalue weighted by Gasteiger charge is 2.37. The van der Waals surface area contributed by atoms with Crippen LogP contribution in [0.5, 0.6) is 0 Å². The molecule has 5 heteroatoms. The molecule has 2 rings (SSSR count). The Labute approximate surface area is 121 Å². The van der Waals surface area contributed by atoms with Crippen LogP contribution in [0.4, 0.5) is 5.69 Å². The number of carbonyl (C=O) groups is 2. The van der Waals surface area contributed by atoms with Crippen molar-refractivity contribution in [2.24, 2.45) is 0 Å². The van der Waals surface area contributed by atoms with Crippen molar-refractivity contribution in [2.75, 3.05) is 11.4 Å². The van der Waals surface area contributed by atoms with Crippen LogP contribution in [-0.4, -0.2) is 27.7 Å². The molecule has 0 N–H and O–H groups in total. The van der Waals surface area contributed by atoms with E-state index in [0.29, 0.717) is 29.1 Å². The summed E-state index contributed by atoms with van der Waals surface area (Å²) in [5.74, 6) is -0.152. The van der Waals surface area contributed by atoms with Crippen molar-refractivity contribution in [3.05, 3.63) is 23.8 Å². The molecule has 4 nitrogen and oxygen atoms in total. The van der Waals surface area contributed by atoms with Crippen molar-refractivity contribution in [3.8, 4) is 0 Å². The Morgan fingerprint density at radius 1 is 1.35 bits per heavy atom. The van der Waals surface area contributed by atoms with E-state index in [4.69, 9.17) is 0 Å². The molecule has 0 radical (unpaired) electrons. The van der Waals surface area contributed by atoms with Gasteiger partial charge in [-0.1, -0.05) is 19.9 Å². The van der Waals surface area contributed by atoms with Gasteiger partial charge in [-0.3, -0.25) is 13.8 Å². The van der Waals surface area contributed by atoms with Crippen molar-refractivity contribution in [3.63, 3.8) is 0 Å². The molecule has 1 aliphatic rings. The zero-order valence-electron chi connectivity index (χ0n) is 12.0. The third kappa shape index (κ3) is 2.42. The van der Waals surface area contributed by atoms with E-state index in [-0.39, 0.29) is 11.7 Å². The van der Waals surface area contributed by atoms with Crippen molar-refractivity contribution < 1.29 is 13.8 Å². The average Bonchev–Trinajstić information content (AvgIpc) is 2.43. The number of nitrogens with zero attached hydrogens (tertiary/aromatic N) is 1. The van der Waals surface area contributed by atoms with E-state index < -0.39 is 16.0 Å². The third-order valence-electron chi connectivity index (χ3n) is 3.49. The molecule has 0 saturated carbocycles. The summed E-state index contributed by atoms with van der Waals surface area (Å²) in [6.07, 6.45) is 1.37. The lowest BCUT2D eigenvalue weighted by Gasteiger charge is -2.33. The highest BCUT2D eigenvalue weighted by atomic mass is 32.2. The minimum atomic E-state index is -1.33. The van der Waals surface area contributed by atoms with Crippen LogP contribution in [0.15, 0.2) is 23.1 Å². The molecular weight excluding hydrogens is 274 g/mol. The lowest BCUT2D eigenvalue weighted by atomic mass is 10.1. The van der Waals surface area contributed by atoms with Gasteiger partial charge in [-0.25, -0.2) is 0 Å². The van der Waals surface area contributed by atoms with Gasteiger partial charge in [-0.2, -0.15) is 0 Å². The molecule has 0 aromatic heterocycles. The summed E-state index contributed by atoms with van der Waals surface area (Å²) in [7, 11) is -1.33. The first kappa shape index (κ1) is 14.9. The number of Topliss-reactive ketones (excluding diaryl/α,β-unsaturated/α-hetero) is 1. The van der Waals surface area contributed by atoms with E-state index in [1.54, 1.807) is 23.1 Å². The summed E-state index contributed by atoms with van der Waals surface area (Å²) < 4.78 is 12.5. The number of hydrogen-bond acceptors (Lipinski definition) is 3. The van der Waals surface area contributed by atoms with Crippen LogP contribution in [-0.2, 0) is 15.6 Å². The van der Waals surface area contributed by atoms with E-state index in [1.165, 1.54) is 6.92 Å². The first-order chi connectivity index (χ1) is 9.51. The second-order valence-corrected chi connectivity index (χ2v) is 6.53. The minimum Gasteiger partial charge on any atom is -0.310 e. The minimum absolute atomic E-state index is 0.0555. The normalized spacial score (nSPS) is 21.8. The molecule has 20 heavy (non-hydrogen) atoms. The van der Waals surface area contributed by atoms with Crippen molar-refractivity contribution >= 4 is 28.2 Å². The second-order valence-electron chi connectivity index (χ2n) is 4.92. The Hall–Kier alpha value is -1.49. The quantitative estimate of drug-likeness (QED) is 0.802. The molecule has 1 heterocycles. The molecular formula is C15H19NO3S. The molecule has 0 fully saturated rings. The molecule has 0 spiro atoms. The van der Waals surface area contributed by atoms with Crippen LogP contribution in [0.3, 0.4) is 0 Å². The first-order valence-electron chi connectivity index (χ1n) is 6.88. The summed E-state index contributed by atoms with van der Waals surface area (Å²) in [4.78, 5) is 26.3. The fraction of sp³-hybridized carbons (Fsp3) is 0.467. The average molecular weight is 293 g/mol. The maximum atomic E-state index is 12.5. The Bertz CT molecular complexity index is 582. The van der Waals surface area contributed by atoms with Gasteiger partial charge in [0.2, 0.25) is 5.91 Å². The Morgan fingerprint density at radius 3 is 2.60 bits per heavy atom. The summed E-state index contributed by atoms with van der Waals surface area (Å²) in [5.41, 5.74) is 1.18. The Morgan fingerprint density at radius 2 is 2.05 bits per heavy atom. The van der Waals surface area contributed by atoms with Gasteiger partial charge in [0.05, 0.1) is 21.4 Å². The van der Waals surface area contributed by atoms with Crippen LogP contribution in [0, 0.1) is 0 Å². The smallest absolute Gasteiger partial charge is 0.243 e. The third-order valence-corrected chi connectivity index (χ3v) is 5.32. The molecule has 0 saturated heterocycles. The van der Waals surface area contributed by atoms with Crippen molar-refractivity contribution in [1.82, 2.24) is 0 Å². The molecule has 2 unspecified atom stereocenters. The van der Waals surface area contributed by atoms with Crippen LogP contribution in [0.2, 0.25) is 0 Å². The highest BCUT2D eigenvalue weighted by Crippen LogP contribution is 2.34. The molecule has 1 aliphatic heterocycles. The highest BCUT2D eigenvalue weighted by molar-refractivity contribution is 7.86. The summed E-state index contributed by atoms with van der Waals surface area (Å²) >= 11 is 0. The van der Waals surface area contributed by atoms with Crippen LogP contribution >= 0.6 is 0 Å². The Balaban J connectivity index is 2.58.